The largest absolute Gasteiger partial charge is 0.489 e. The van der Waals surface area contributed by atoms with E-state index in [9.17, 15) is 9.59 Å². The Balaban J connectivity index is 2.22. The number of ether oxygens (including phenoxy) is 1. The average molecular weight is 285 g/mol. The molecule has 2 rings (SSSR count). The van der Waals surface area contributed by atoms with Gasteiger partial charge in [0.15, 0.2) is 5.78 Å². The highest BCUT2D eigenvalue weighted by molar-refractivity contribution is 6.05. The lowest BCUT2D eigenvalue weighted by atomic mass is 10.0. The van der Waals surface area contributed by atoms with E-state index in [1.807, 2.05) is 18.2 Å². The van der Waals surface area contributed by atoms with Gasteiger partial charge in [0, 0.05) is 16.8 Å². The number of Topliss-reactive ketones (excluding diaryl/α,β-unsaturated/α-hetero) is 1. The molecule has 3 N–H and O–H groups in total. The first-order chi connectivity index (χ1) is 9.99. The Morgan fingerprint density at radius 2 is 1.86 bits per heavy atom. The fourth-order valence-electron chi connectivity index (χ4n) is 1.92. The van der Waals surface area contributed by atoms with Gasteiger partial charge in [-0.1, -0.05) is 18.2 Å². The molecule has 0 spiro atoms. The van der Waals surface area contributed by atoms with Gasteiger partial charge in [0.25, 0.3) is 0 Å². The summed E-state index contributed by atoms with van der Waals surface area (Å²) in [5.41, 5.74) is 7.32. The number of hydrogen-bond acceptors (Lipinski definition) is 4. The van der Waals surface area contributed by atoms with Gasteiger partial charge in [0.2, 0.25) is 0 Å². The Kier molecular flexibility index (Phi) is 4.23. The summed E-state index contributed by atoms with van der Waals surface area (Å²) in [5.74, 6) is -1.09. The van der Waals surface area contributed by atoms with Crippen molar-refractivity contribution in [3.05, 3.63) is 59.2 Å². The summed E-state index contributed by atoms with van der Waals surface area (Å²) >= 11 is 0. The van der Waals surface area contributed by atoms with Crippen LogP contribution in [0, 0.1) is 0 Å². The van der Waals surface area contributed by atoms with Crippen LogP contribution in [0.1, 0.15) is 33.2 Å². The minimum Gasteiger partial charge on any atom is -0.489 e. The van der Waals surface area contributed by atoms with Crippen molar-refractivity contribution in [2.24, 2.45) is 0 Å². The molecule has 108 valence electrons. The van der Waals surface area contributed by atoms with Crippen molar-refractivity contribution < 1.29 is 19.4 Å². The van der Waals surface area contributed by atoms with E-state index < -0.39 is 5.97 Å². The van der Waals surface area contributed by atoms with E-state index in [1.165, 1.54) is 19.1 Å². The van der Waals surface area contributed by atoms with Gasteiger partial charge >= 0.3 is 5.97 Å². The Bertz CT molecular complexity index is 694. The van der Waals surface area contributed by atoms with Crippen molar-refractivity contribution in [2.45, 2.75) is 13.5 Å². The van der Waals surface area contributed by atoms with E-state index in [4.69, 9.17) is 15.6 Å². The van der Waals surface area contributed by atoms with Crippen molar-refractivity contribution in [1.29, 1.82) is 0 Å². The zero-order chi connectivity index (χ0) is 15.4. The summed E-state index contributed by atoms with van der Waals surface area (Å²) in [6.07, 6.45) is 0. The van der Waals surface area contributed by atoms with Crippen LogP contribution in [0.25, 0.3) is 0 Å². The molecule has 0 aliphatic heterocycles. The molecule has 0 bridgehead atoms. The van der Waals surface area contributed by atoms with Gasteiger partial charge in [-0.3, -0.25) is 4.79 Å². The maximum atomic E-state index is 11.4. The second kappa shape index (κ2) is 6.09. The topological polar surface area (TPSA) is 89.6 Å². The van der Waals surface area contributed by atoms with E-state index in [1.54, 1.807) is 12.1 Å². The van der Waals surface area contributed by atoms with Gasteiger partial charge < -0.3 is 15.6 Å². The minimum absolute atomic E-state index is 0.0685. The van der Waals surface area contributed by atoms with Crippen LogP contribution in [-0.2, 0) is 6.61 Å². The summed E-state index contributed by atoms with van der Waals surface area (Å²) in [6, 6.07) is 11.6. The molecule has 0 saturated carbocycles. The fourth-order valence-corrected chi connectivity index (χ4v) is 1.92. The van der Waals surface area contributed by atoms with Crippen LogP contribution < -0.4 is 10.5 Å². The summed E-state index contributed by atoms with van der Waals surface area (Å²) in [5, 5.41) is 9.14. The molecule has 5 heteroatoms. The number of aromatic carboxylic acids is 1. The van der Waals surface area contributed by atoms with Crippen molar-refractivity contribution in [1.82, 2.24) is 0 Å². The molecule has 0 unspecified atom stereocenters. The molecule has 0 saturated heterocycles. The van der Waals surface area contributed by atoms with Crippen LogP contribution in [-0.4, -0.2) is 16.9 Å². The van der Waals surface area contributed by atoms with Gasteiger partial charge in [0.1, 0.15) is 12.4 Å². The number of nitrogen functional groups attached to an aromatic ring is 1. The molecular formula is C16H15NO4. The third kappa shape index (κ3) is 3.39. The third-order valence-electron chi connectivity index (χ3n) is 3.05. The SMILES string of the molecule is CC(=O)c1ccc(OCc2ccccc2N)cc1C(=O)O. The van der Waals surface area contributed by atoms with Crippen LogP contribution in [0.5, 0.6) is 5.75 Å². The Morgan fingerprint density at radius 1 is 1.14 bits per heavy atom. The molecule has 0 fully saturated rings. The number of rotatable bonds is 5. The van der Waals surface area contributed by atoms with Crippen molar-refractivity contribution in [2.75, 3.05) is 5.73 Å². The molecule has 0 radical (unpaired) electrons. The zero-order valence-electron chi connectivity index (χ0n) is 11.5. The Hall–Kier alpha value is -2.82. The number of carbonyl (C=O) groups excluding carboxylic acids is 1. The molecule has 0 heterocycles. The summed E-state index contributed by atoms with van der Waals surface area (Å²) in [7, 11) is 0. The molecule has 0 aromatic heterocycles. The number of para-hydroxylation sites is 1. The second-order valence-corrected chi connectivity index (χ2v) is 4.56. The van der Waals surface area contributed by atoms with Crippen LogP contribution in [0.15, 0.2) is 42.5 Å². The lowest BCUT2D eigenvalue weighted by Crippen LogP contribution is -2.07. The van der Waals surface area contributed by atoms with Crippen LogP contribution in [0.3, 0.4) is 0 Å². The Labute approximate surface area is 122 Å². The smallest absolute Gasteiger partial charge is 0.336 e. The number of carboxylic acids is 1. The highest BCUT2D eigenvalue weighted by Crippen LogP contribution is 2.21. The molecule has 2 aromatic rings. The van der Waals surface area contributed by atoms with Gasteiger partial charge in [-0.05, 0) is 31.2 Å². The summed E-state index contributed by atoms with van der Waals surface area (Å²) in [4.78, 5) is 22.6. The first kappa shape index (κ1) is 14.6. The molecule has 0 atom stereocenters. The summed E-state index contributed by atoms with van der Waals surface area (Å²) in [6.45, 7) is 1.55. The fraction of sp³-hybridized carbons (Fsp3) is 0.125. The lowest BCUT2D eigenvalue weighted by Gasteiger charge is -2.10. The van der Waals surface area contributed by atoms with Gasteiger partial charge in [0.05, 0.1) is 5.56 Å². The first-order valence-electron chi connectivity index (χ1n) is 6.33. The molecule has 0 aliphatic carbocycles. The molecule has 5 nitrogen and oxygen atoms in total. The third-order valence-corrected chi connectivity index (χ3v) is 3.05. The lowest BCUT2D eigenvalue weighted by molar-refractivity contribution is 0.0691. The van der Waals surface area contributed by atoms with E-state index >= 15 is 0 Å². The molecule has 21 heavy (non-hydrogen) atoms. The monoisotopic (exact) mass is 285 g/mol. The van der Waals surface area contributed by atoms with Crippen LogP contribution in [0.2, 0.25) is 0 Å². The highest BCUT2D eigenvalue weighted by Gasteiger charge is 2.14. The number of benzene rings is 2. The Morgan fingerprint density at radius 3 is 2.48 bits per heavy atom. The standard InChI is InChI=1S/C16H15NO4/c1-10(18)13-7-6-12(8-14(13)16(19)20)21-9-11-4-2-3-5-15(11)17/h2-8H,9,17H2,1H3,(H,19,20). The number of ketones is 1. The maximum absolute atomic E-state index is 11.4. The van der Waals surface area contributed by atoms with Gasteiger partial charge in [-0.25, -0.2) is 4.79 Å². The van der Waals surface area contributed by atoms with Crippen molar-refractivity contribution in [3.8, 4) is 5.75 Å². The van der Waals surface area contributed by atoms with Gasteiger partial charge in [-0.2, -0.15) is 0 Å². The zero-order valence-corrected chi connectivity index (χ0v) is 11.5. The van der Waals surface area contributed by atoms with E-state index in [0.717, 1.165) is 5.56 Å². The second-order valence-electron chi connectivity index (χ2n) is 4.56. The van der Waals surface area contributed by atoms with Gasteiger partial charge in [-0.15, -0.1) is 0 Å². The van der Waals surface area contributed by atoms with Crippen LogP contribution >= 0.6 is 0 Å². The number of anilines is 1. The predicted octanol–water partition coefficient (Wildman–Crippen LogP) is 2.75. The normalized spacial score (nSPS) is 10.1. The predicted molar refractivity (Wildman–Crippen MR) is 78.6 cm³/mol. The molecule has 0 aliphatic rings. The molecule has 0 amide bonds. The van der Waals surface area contributed by atoms with Crippen molar-refractivity contribution >= 4 is 17.4 Å². The highest BCUT2D eigenvalue weighted by atomic mass is 16.5. The van der Waals surface area contributed by atoms with E-state index in [0.29, 0.717) is 11.4 Å². The first-order valence-corrected chi connectivity index (χ1v) is 6.33. The maximum Gasteiger partial charge on any atom is 0.336 e. The minimum atomic E-state index is -1.16. The quantitative estimate of drug-likeness (QED) is 0.651. The number of carbonyl (C=O) groups is 2. The number of carboxylic acid groups (broad SMARTS) is 1. The van der Waals surface area contributed by atoms with E-state index in [2.05, 4.69) is 0 Å². The molecular weight excluding hydrogens is 270 g/mol. The van der Waals surface area contributed by atoms with E-state index in [-0.39, 0.29) is 23.5 Å². The van der Waals surface area contributed by atoms with Crippen molar-refractivity contribution in [3.63, 3.8) is 0 Å². The molecule has 2 aromatic carbocycles. The average Bonchev–Trinajstić information content (AvgIpc) is 2.46. The number of nitrogens with two attached hydrogens (primary N) is 1. The number of hydrogen-bond donors (Lipinski definition) is 2. The summed E-state index contributed by atoms with van der Waals surface area (Å²) < 4.78 is 5.54. The van der Waals surface area contributed by atoms with Crippen LogP contribution in [0.4, 0.5) is 5.69 Å².